The molecule has 1 atom stereocenters. The van der Waals surface area contributed by atoms with Gasteiger partial charge in [-0.2, -0.15) is 11.3 Å². The molecule has 0 saturated carbocycles. The highest BCUT2D eigenvalue weighted by atomic mass is 32.2. The highest BCUT2D eigenvalue weighted by Crippen LogP contribution is 2.28. The van der Waals surface area contributed by atoms with E-state index in [-0.39, 0.29) is 10.9 Å². The first-order chi connectivity index (χ1) is 12.9. The van der Waals surface area contributed by atoms with Gasteiger partial charge in [0.05, 0.1) is 20.3 Å². The number of aryl methyl sites for hydroxylation is 2. The Hall–Kier alpha value is -1.45. The number of rotatable bonds is 7. The summed E-state index contributed by atoms with van der Waals surface area (Å²) in [7, 11) is -2.21. The standard InChI is InChI=1S/C19H26N2O4S2/c1-14-10-18(24-3)19(11-15(14)2)27(22,23)20-12-17(16-4-9-26-13-16)21-5-7-25-8-6-21/h4,9-11,13,17,20H,5-8,12H2,1-3H3. The van der Waals surface area contributed by atoms with Crippen molar-refractivity contribution in [2.45, 2.75) is 24.8 Å². The van der Waals surface area contributed by atoms with E-state index < -0.39 is 10.0 Å². The van der Waals surface area contributed by atoms with Crippen LogP contribution in [0, 0.1) is 13.8 Å². The van der Waals surface area contributed by atoms with Crippen LogP contribution in [-0.4, -0.2) is 53.3 Å². The Morgan fingerprint density at radius 1 is 1.26 bits per heavy atom. The van der Waals surface area contributed by atoms with Crippen LogP contribution in [0.5, 0.6) is 5.75 Å². The zero-order chi connectivity index (χ0) is 19.4. The predicted octanol–water partition coefficient (Wildman–Crippen LogP) is 2.73. The van der Waals surface area contributed by atoms with E-state index in [9.17, 15) is 8.42 Å². The van der Waals surface area contributed by atoms with E-state index in [0.29, 0.717) is 25.5 Å². The highest BCUT2D eigenvalue weighted by molar-refractivity contribution is 7.89. The second-order valence-electron chi connectivity index (χ2n) is 6.66. The van der Waals surface area contributed by atoms with Crippen molar-refractivity contribution in [2.75, 3.05) is 40.0 Å². The molecule has 0 spiro atoms. The minimum absolute atomic E-state index is 0.0209. The lowest BCUT2D eigenvalue weighted by Gasteiger charge is -2.34. The maximum atomic E-state index is 13.0. The van der Waals surface area contributed by atoms with E-state index in [1.165, 1.54) is 7.11 Å². The van der Waals surface area contributed by atoms with Crippen molar-refractivity contribution in [3.63, 3.8) is 0 Å². The lowest BCUT2D eigenvalue weighted by Crippen LogP contribution is -2.43. The highest BCUT2D eigenvalue weighted by Gasteiger charge is 2.27. The third-order valence-electron chi connectivity index (χ3n) is 4.95. The number of nitrogens with zero attached hydrogens (tertiary/aromatic N) is 1. The van der Waals surface area contributed by atoms with Crippen molar-refractivity contribution >= 4 is 21.4 Å². The second kappa shape index (κ2) is 8.70. The van der Waals surface area contributed by atoms with Gasteiger partial charge in [0.15, 0.2) is 0 Å². The quantitative estimate of drug-likeness (QED) is 0.760. The van der Waals surface area contributed by atoms with E-state index in [0.717, 1.165) is 29.8 Å². The number of methoxy groups -OCH3 is 1. The van der Waals surface area contributed by atoms with Gasteiger partial charge in [-0.05, 0) is 59.5 Å². The Labute approximate surface area is 165 Å². The first kappa shape index (κ1) is 20.3. The normalized spacial score (nSPS) is 17.0. The molecule has 6 nitrogen and oxygen atoms in total. The molecule has 1 saturated heterocycles. The predicted molar refractivity (Wildman–Crippen MR) is 107 cm³/mol. The summed E-state index contributed by atoms with van der Waals surface area (Å²) in [4.78, 5) is 2.45. The molecule has 1 aromatic carbocycles. The maximum absolute atomic E-state index is 13.0. The van der Waals surface area contributed by atoms with E-state index in [4.69, 9.17) is 9.47 Å². The van der Waals surface area contributed by atoms with Crippen LogP contribution in [0.15, 0.2) is 33.9 Å². The number of hydrogen-bond acceptors (Lipinski definition) is 6. The molecule has 1 unspecified atom stereocenters. The number of sulfonamides is 1. The molecule has 1 fully saturated rings. The van der Waals surface area contributed by atoms with E-state index in [1.807, 2.05) is 19.2 Å². The summed E-state index contributed by atoms with van der Waals surface area (Å²) >= 11 is 1.62. The fraction of sp³-hybridized carbons (Fsp3) is 0.474. The summed E-state index contributed by atoms with van der Waals surface area (Å²) in [6, 6.07) is 5.47. The first-order valence-corrected chi connectivity index (χ1v) is 11.3. The van der Waals surface area contributed by atoms with Crippen LogP contribution in [-0.2, 0) is 14.8 Å². The van der Waals surface area contributed by atoms with Crippen molar-refractivity contribution < 1.29 is 17.9 Å². The summed E-state index contributed by atoms with van der Waals surface area (Å²) in [5.41, 5.74) is 3.03. The molecule has 0 radical (unpaired) electrons. The molecule has 148 valence electrons. The zero-order valence-corrected chi connectivity index (χ0v) is 17.5. The molecule has 0 bridgehead atoms. The van der Waals surface area contributed by atoms with Crippen LogP contribution in [0.25, 0.3) is 0 Å². The summed E-state index contributed by atoms with van der Waals surface area (Å²) in [5, 5.41) is 4.09. The molecular formula is C19H26N2O4S2. The number of nitrogens with one attached hydrogen (secondary N) is 1. The molecule has 1 aliphatic rings. The number of morpholine rings is 1. The molecule has 1 aliphatic heterocycles. The van der Waals surface area contributed by atoms with Crippen LogP contribution in [0.3, 0.4) is 0 Å². The molecular weight excluding hydrogens is 384 g/mol. The van der Waals surface area contributed by atoms with Gasteiger partial charge < -0.3 is 9.47 Å². The molecule has 27 heavy (non-hydrogen) atoms. The Morgan fingerprint density at radius 3 is 2.59 bits per heavy atom. The van der Waals surface area contributed by atoms with Gasteiger partial charge in [-0.1, -0.05) is 0 Å². The summed E-state index contributed by atoms with van der Waals surface area (Å²) in [6.07, 6.45) is 0. The number of ether oxygens (including phenoxy) is 2. The van der Waals surface area contributed by atoms with Crippen LogP contribution in [0.1, 0.15) is 22.7 Å². The monoisotopic (exact) mass is 410 g/mol. The van der Waals surface area contributed by atoms with E-state index in [2.05, 4.69) is 21.1 Å². The minimum Gasteiger partial charge on any atom is -0.495 e. The molecule has 1 N–H and O–H groups in total. The lowest BCUT2D eigenvalue weighted by atomic mass is 10.1. The van der Waals surface area contributed by atoms with Gasteiger partial charge in [0.2, 0.25) is 10.0 Å². The summed E-state index contributed by atoms with van der Waals surface area (Å²) in [5.74, 6) is 0.365. The van der Waals surface area contributed by atoms with Gasteiger partial charge in [0.1, 0.15) is 10.6 Å². The molecule has 2 aromatic rings. The van der Waals surface area contributed by atoms with Gasteiger partial charge in [-0.3, -0.25) is 4.90 Å². The van der Waals surface area contributed by atoms with Crippen molar-refractivity contribution in [3.8, 4) is 5.75 Å². The largest absolute Gasteiger partial charge is 0.495 e. The lowest BCUT2D eigenvalue weighted by molar-refractivity contribution is 0.0173. The van der Waals surface area contributed by atoms with Gasteiger partial charge >= 0.3 is 0 Å². The average molecular weight is 411 g/mol. The molecule has 0 amide bonds. The first-order valence-electron chi connectivity index (χ1n) is 8.91. The van der Waals surface area contributed by atoms with Crippen LogP contribution in [0.2, 0.25) is 0 Å². The third-order valence-corrected chi connectivity index (χ3v) is 7.10. The average Bonchev–Trinajstić information content (AvgIpc) is 3.19. The Morgan fingerprint density at radius 2 is 1.96 bits per heavy atom. The number of hydrogen-bond donors (Lipinski definition) is 1. The topological polar surface area (TPSA) is 67.9 Å². The van der Waals surface area contributed by atoms with E-state index >= 15 is 0 Å². The Kier molecular flexibility index (Phi) is 6.54. The number of thiophene rings is 1. The molecule has 2 heterocycles. The van der Waals surface area contributed by atoms with Gasteiger partial charge in [-0.25, -0.2) is 13.1 Å². The van der Waals surface area contributed by atoms with Gasteiger partial charge in [0.25, 0.3) is 0 Å². The molecule has 8 heteroatoms. The molecule has 1 aromatic heterocycles. The SMILES string of the molecule is COc1cc(C)c(C)cc1S(=O)(=O)NCC(c1ccsc1)N1CCOCC1. The summed E-state index contributed by atoms with van der Waals surface area (Å²) < 4.78 is 39.6. The second-order valence-corrected chi connectivity index (χ2v) is 9.18. The fourth-order valence-corrected chi connectivity index (χ4v) is 5.19. The van der Waals surface area contributed by atoms with Gasteiger partial charge in [0, 0.05) is 25.7 Å². The zero-order valence-electron chi connectivity index (χ0n) is 15.9. The van der Waals surface area contributed by atoms with E-state index in [1.54, 1.807) is 23.5 Å². The van der Waals surface area contributed by atoms with Crippen molar-refractivity contribution in [1.82, 2.24) is 9.62 Å². The molecule has 0 aliphatic carbocycles. The Bertz CT molecular complexity index is 860. The number of benzene rings is 1. The van der Waals surface area contributed by atoms with Crippen LogP contribution < -0.4 is 9.46 Å². The smallest absolute Gasteiger partial charge is 0.244 e. The minimum atomic E-state index is -3.70. The molecule has 3 rings (SSSR count). The maximum Gasteiger partial charge on any atom is 0.244 e. The summed E-state index contributed by atoms with van der Waals surface area (Å²) in [6.45, 7) is 7.04. The van der Waals surface area contributed by atoms with Gasteiger partial charge in [-0.15, -0.1) is 0 Å². The van der Waals surface area contributed by atoms with Crippen molar-refractivity contribution in [2.24, 2.45) is 0 Å². The van der Waals surface area contributed by atoms with Crippen LogP contribution >= 0.6 is 11.3 Å². The third kappa shape index (κ3) is 4.70. The van der Waals surface area contributed by atoms with Crippen LogP contribution in [0.4, 0.5) is 0 Å². The van der Waals surface area contributed by atoms with Crippen molar-refractivity contribution in [1.29, 1.82) is 0 Å². The fourth-order valence-electron chi connectivity index (χ4n) is 3.21. The Balaban J connectivity index is 1.83. The van der Waals surface area contributed by atoms with Crippen molar-refractivity contribution in [3.05, 3.63) is 45.6 Å².